The van der Waals surface area contributed by atoms with Crippen LogP contribution in [0.3, 0.4) is 0 Å². The fourth-order valence-electron chi connectivity index (χ4n) is 13.1. The predicted molar refractivity (Wildman–Crippen MR) is 242 cm³/mol. The SMILES string of the molecule is c1ccc(N(c2ccccc2)C2CC3OC4CC(N(c5ccccc5)c5ccccc5)CC5C6CC(N(c7ccccc7)c7ccccc7)CC7OC(C2)C3N(C45)C76)cc1. The van der Waals surface area contributed by atoms with E-state index in [9.17, 15) is 0 Å². The first-order valence-corrected chi connectivity index (χ1v) is 22.5. The highest BCUT2D eigenvalue weighted by molar-refractivity contribution is 5.66. The van der Waals surface area contributed by atoms with Gasteiger partial charge in [0.05, 0.1) is 30.5 Å². The zero-order chi connectivity index (χ0) is 39.6. The molecule has 6 fully saturated rings. The number of rotatable bonds is 9. The predicted octanol–water partition coefficient (Wildman–Crippen LogP) is 11.2. The van der Waals surface area contributed by atoms with E-state index in [4.69, 9.17) is 9.47 Å². The maximum atomic E-state index is 7.71. The number of anilines is 6. The maximum Gasteiger partial charge on any atom is 0.0780 e. The van der Waals surface area contributed by atoms with E-state index in [1.807, 2.05) is 0 Å². The third-order valence-corrected chi connectivity index (χ3v) is 15.1. The van der Waals surface area contributed by atoms with Crippen molar-refractivity contribution in [1.29, 1.82) is 0 Å². The Kier molecular flexibility index (Phi) is 9.27. The summed E-state index contributed by atoms with van der Waals surface area (Å²) >= 11 is 0. The van der Waals surface area contributed by atoms with Gasteiger partial charge in [-0.15, -0.1) is 0 Å². The van der Waals surface area contributed by atoms with Crippen LogP contribution >= 0.6 is 0 Å². The largest absolute Gasteiger partial charge is 0.371 e. The molecule has 6 aromatic rings. The molecule has 3 aliphatic heterocycles. The highest BCUT2D eigenvalue weighted by atomic mass is 16.5. The van der Waals surface area contributed by atoms with Crippen LogP contribution in [0.5, 0.6) is 0 Å². The molecule has 12 rings (SSSR count). The second kappa shape index (κ2) is 15.3. The van der Waals surface area contributed by atoms with Gasteiger partial charge in [-0.1, -0.05) is 109 Å². The van der Waals surface area contributed by atoms with Crippen molar-refractivity contribution < 1.29 is 9.47 Å². The molecule has 0 bridgehead atoms. The Morgan fingerprint density at radius 3 is 0.800 bits per heavy atom. The van der Waals surface area contributed by atoms with Gasteiger partial charge in [0.15, 0.2) is 0 Å². The van der Waals surface area contributed by atoms with Crippen molar-refractivity contribution in [3.63, 3.8) is 0 Å². The van der Waals surface area contributed by atoms with E-state index in [0.29, 0.717) is 36.0 Å². The fourth-order valence-corrected chi connectivity index (χ4v) is 13.1. The quantitative estimate of drug-likeness (QED) is 0.145. The Labute approximate surface area is 355 Å². The molecule has 6 aliphatic rings. The van der Waals surface area contributed by atoms with Gasteiger partial charge in [-0.25, -0.2) is 0 Å². The van der Waals surface area contributed by atoms with E-state index in [2.05, 4.69) is 202 Å². The molecule has 10 atom stereocenters. The van der Waals surface area contributed by atoms with Crippen molar-refractivity contribution in [3.8, 4) is 0 Å². The molecule has 3 saturated carbocycles. The molecule has 0 aromatic heterocycles. The third-order valence-electron chi connectivity index (χ3n) is 15.1. The van der Waals surface area contributed by atoms with Crippen LogP contribution in [0.15, 0.2) is 182 Å². The van der Waals surface area contributed by atoms with Crippen LogP contribution in [-0.2, 0) is 9.47 Å². The Balaban J connectivity index is 0.971. The first-order chi connectivity index (χ1) is 29.8. The molecule has 0 radical (unpaired) electrons. The van der Waals surface area contributed by atoms with Crippen LogP contribution in [0.25, 0.3) is 0 Å². The van der Waals surface area contributed by atoms with E-state index in [-0.39, 0.29) is 36.5 Å². The molecule has 0 spiro atoms. The number of para-hydroxylation sites is 6. The minimum Gasteiger partial charge on any atom is -0.371 e. The molecular formula is C54H54N4O2. The number of hydrogen-bond acceptors (Lipinski definition) is 6. The van der Waals surface area contributed by atoms with Crippen molar-refractivity contribution in [3.05, 3.63) is 182 Å². The maximum absolute atomic E-state index is 7.71. The smallest absolute Gasteiger partial charge is 0.0780 e. The van der Waals surface area contributed by atoms with Gasteiger partial charge in [-0.3, -0.25) is 4.90 Å². The average Bonchev–Trinajstić information content (AvgIpc) is 3.64. The summed E-state index contributed by atoms with van der Waals surface area (Å²) in [5, 5.41) is 0. The molecule has 3 saturated heterocycles. The molecular weight excluding hydrogens is 737 g/mol. The lowest BCUT2D eigenvalue weighted by Crippen LogP contribution is -2.74. The van der Waals surface area contributed by atoms with Gasteiger partial charge in [0.25, 0.3) is 0 Å². The third kappa shape index (κ3) is 6.17. The molecule has 0 N–H and O–H groups in total. The fraction of sp³-hybridized carbons (Fsp3) is 0.333. The Morgan fingerprint density at radius 2 is 0.533 bits per heavy atom. The van der Waals surface area contributed by atoms with Gasteiger partial charge in [-0.05, 0) is 123 Å². The van der Waals surface area contributed by atoms with E-state index in [1.54, 1.807) is 0 Å². The normalized spacial score (nSPS) is 32.4. The van der Waals surface area contributed by atoms with Gasteiger partial charge in [0, 0.05) is 64.3 Å². The number of fused-ring (bicyclic) bond motifs is 1. The lowest BCUT2D eigenvalue weighted by Gasteiger charge is -2.62. The van der Waals surface area contributed by atoms with Gasteiger partial charge in [0.2, 0.25) is 0 Å². The number of benzene rings is 6. The van der Waals surface area contributed by atoms with Crippen LogP contribution in [0.1, 0.15) is 38.5 Å². The van der Waals surface area contributed by atoms with Crippen molar-refractivity contribution >= 4 is 34.1 Å². The second-order valence-corrected chi connectivity index (χ2v) is 18.2. The molecule has 6 nitrogen and oxygen atoms in total. The first-order valence-electron chi connectivity index (χ1n) is 22.5. The summed E-state index contributed by atoms with van der Waals surface area (Å²) in [6.07, 6.45) is 6.73. The topological polar surface area (TPSA) is 31.4 Å². The summed E-state index contributed by atoms with van der Waals surface area (Å²) in [5.41, 5.74) is 7.51. The highest BCUT2D eigenvalue weighted by Gasteiger charge is 2.68. The van der Waals surface area contributed by atoms with Crippen LogP contribution < -0.4 is 14.7 Å². The summed E-state index contributed by atoms with van der Waals surface area (Å²) in [5.74, 6) is 0.997. The molecule has 10 unspecified atom stereocenters. The lowest BCUT2D eigenvalue weighted by molar-refractivity contribution is -0.259. The van der Waals surface area contributed by atoms with Crippen LogP contribution in [0.4, 0.5) is 34.1 Å². The molecule has 6 aromatic carbocycles. The van der Waals surface area contributed by atoms with Crippen molar-refractivity contribution in [2.24, 2.45) is 11.8 Å². The number of ether oxygens (including phenoxy) is 2. The minimum atomic E-state index is 0.0915. The zero-order valence-corrected chi connectivity index (χ0v) is 34.1. The number of nitrogens with zero attached hydrogens (tertiary/aromatic N) is 4. The van der Waals surface area contributed by atoms with E-state index in [0.717, 1.165) is 38.5 Å². The van der Waals surface area contributed by atoms with Gasteiger partial charge < -0.3 is 24.2 Å². The van der Waals surface area contributed by atoms with Gasteiger partial charge in [0.1, 0.15) is 0 Å². The summed E-state index contributed by atoms with van der Waals surface area (Å²) < 4.78 is 15.4. The van der Waals surface area contributed by atoms with Crippen LogP contribution in [-0.4, -0.2) is 65.6 Å². The van der Waals surface area contributed by atoms with E-state index < -0.39 is 0 Å². The van der Waals surface area contributed by atoms with Crippen molar-refractivity contribution in [2.45, 2.75) is 99.2 Å². The van der Waals surface area contributed by atoms with Crippen molar-refractivity contribution in [1.82, 2.24) is 4.90 Å². The molecule has 3 aliphatic carbocycles. The number of morpholine rings is 2. The van der Waals surface area contributed by atoms with Crippen LogP contribution in [0.2, 0.25) is 0 Å². The van der Waals surface area contributed by atoms with Crippen molar-refractivity contribution in [2.75, 3.05) is 14.7 Å². The molecule has 3 heterocycles. The molecule has 0 amide bonds. The molecule has 6 heteroatoms. The Hall–Kier alpha value is -5.40. The van der Waals surface area contributed by atoms with Gasteiger partial charge >= 0.3 is 0 Å². The molecule has 302 valence electrons. The summed E-state index contributed by atoms with van der Waals surface area (Å²) in [4.78, 5) is 11.0. The van der Waals surface area contributed by atoms with E-state index in [1.165, 1.54) is 34.1 Å². The van der Waals surface area contributed by atoms with Crippen LogP contribution in [0, 0.1) is 11.8 Å². The monoisotopic (exact) mass is 790 g/mol. The molecule has 60 heavy (non-hydrogen) atoms. The lowest BCUT2D eigenvalue weighted by atomic mass is 9.68. The van der Waals surface area contributed by atoms with Gasteiger partial charge in [-0.2, -0.15) is 0 Å². The number of hydrogen-bond donors (Lipinski definition) is 0. The zero-order valence-electron chi connectivity index (χ0n) is 34.1. The Morgan fingerprint density at radius 1 is 0.300 bits per heavy atom. The first kappa shape index (κ1) is 36.5. The average molecular weight is 791 g/mol. The summed E-state index contributed by atoms with van der Waals surface area (Å²) in [7, 11) is 0. The van der Waals surface area contributed by atoms with E-state index >= 15 is 0 Å². The minimum absolute atomic E-state index is 0.0915. The Bertz CT molecular complexity index is 2110. The standard InChI is InChI=1S/C54H54N4O2/c1-7-19-37(20-8-1)55(38-21-9-2-10-22-38)43-31-46-47-32-44(56(39-23-11-3-12-24-39)40-25-13-4-14-26-40)34-49-53(47)58-52(46)48(33-43)59-50-35-45(36-51(60-49)54(50)58)57(41-27-15-5-16-28-41)42-29-17-6-18-30-42/h1-30,43-54H,31-36H2. The highest BCUT2D eigenvalue weighted by Crippen LogP contribution is 2.60. The summed E-state index contributed by atoms with van der Waals surface area (Å²) in [6.45, 7) is 0. The second-order valence-electron chi connectivity index (χ2n) is 18.2. The summed E-state index contributed by atoms with van der Waals surface area (Å²) in [6, 6.07) is 68.4.